The summed E-state index contributed by atoms with van der Waals surface area (Å²) in [4.78, 5) is 24.9. The molecular formula is C13H21NO6S. The quantitative estimate of drug-likeness (QED) is 0.706. The van der Waals surface area contributed by atoms with Gasteiger partial charge in [-0.3, -0.25) is 9.59 Å². The Balaban J connectivity index is 2.05. The van der Waals surface area contributed by atoms with Crippen LogP contribution in [0.15, 0.2) is 0 Å². The first kappa shape index (κ1) is 16.2. The molecule has 3 atom stereocenters. The number of hydrogen-bond donors (Lipinski definition) is 2. The second-order valence-electron chi connectivity index (χ2n) is 5.86. The van der Waals surface area contributed by atoms with Gasteiger partial charge >= 0.3 is 5.97 Å². The van der Waals surface area contributed by atoms with Crippen molar-refractivity contribution in [2.24, 2.45) is 11.8 Å². The molecule has 1 heterocycles. The molecule has 8 heteroatoms. The summed E-state index contributed by atoms with van der Waals surface area (Å²) in [6, 6.07) is -0.390. The van der Waals surface area contributed by atoms with Gasteiger partial charge in [0.2, 0.25) is 5.91 Å². The van der Waals surface area contributed by atoms with E-state index in [2.05, 4.69) is 0 Å². The summed E-state index contributed by atoms with van der Waals surface area (Å²) in [5, 5.41) is 18.1. The van der Waals surface area contributed by atoms with Gasteiger partial charge in [0.15, 0.2) is 9.84 Å². The summed E-state index contributed by atoms with van der Waals surface area (Å²) in [5.74, 6) is -1.97. The maximum absolute atomic E-state index is 12.5. The topological polar surface area (TPSA) is 112 Å². The highest BCUT2D eigenvalue weighted by Crippen LogP contribution is 2.33. The minimum atomic E-state index is -3.11. The minimum Gasteiger partial charge on any atom is -0.481 e. The lowest BCUT2D eigenvalue weighted by atomic mass is 10.0. The molecule has 0 aromatic carbocycles. The van der Waals surface area contributed by atoms with Gasteiger partial charge in [0, 0.05) is 18.5 Å². The third-order valence-electron chi connectivity index (χ3n) is 4.40. The second kappa shape index (κ2) is 6.31. The first-order valence-electron chi connectivity index (χ1n) is 7.18. The first-order chi connectivity index (χ1) is 9.84. The zero-order chi connectivity index (χ0) is 15.6. The predicted octanol–water partition coefficient (Wildman–Crippen LogP) is -0.505. The number of aliphatic hydroxyl groups excluding tert-OH is 1. The third-order valence-corrected chi connectivity index (χ3v) is 6.15. The van der Waals surface area contributed by atoms with E-state index in [1.807, 2.05) is 0 Å². The van der Waals surface area contributed by atoms with Crippen LogP contribution in [0.4, 0.5) is 0 Å². The number of aliphatic hydroxyl groups is 1. The maximum atomic E-state index is 12.5. The fraction of sp³-hybridized carbons (Fsp3) is 0.846. The van der Waals surface area contributed by atoms with Crippen molar-refractivity contribution < 1.29 is 28.2 Å². The predicted molar refractivity (Wildman–Crippen MR) is 74.3 cm³/mol. The number of rotatable bonds is 5. The number of aliphatic carboxylic acids is 1. The summed E-state index contributed by atoms with van der Waals surface area (Å²) in [6.45, 7) is -0.120. The summed E-state index contributed by atoms with van der Waals surface area (Å²) < 4.78 is 23.1. The van der Waals surface area contributed by atoms with Crippen molar-refractivity contribution in [1.29, 1.82) is 0 Å². The molecule has 1 unspecified atom stereocenters. The average Bonchev–Trinajstić information content (AvgIpc) is 3.01. The molecule has 2 fully saturated rings. The number of carboxylic acid groups (broad SMARTS) is 1. The van der Waals surface area contributed by atoms with E-state index in [4.69, 9.17) is 10.2 Å². The van der Waals surface area contributed by atoms with Gasteiger partial charge in [-0.2, -0.15) is 0 Å². The summed E-state index contributed by atoms with van der Waals surface area (Å²) in [6.07, 6.45) is 1.68. The van der Waals surface area contributed by atoms with Gasteiger partial charge < -0.3 is 15.1 Å². The zero-order valence-corrected chi connectivity index (χ0v) is 12.6. The molecule has 1 aliphatic heterocycles. The Morgan fingerprint density at radius 1 is 1.14 bits per heavy atom. The van der Waals surface area contributed by atoms with Crippen molar-refractivity contribution in [1.82, 2.24) is 4.90 Å². The molecular weight excluding hydrogens is 298 g/mol. The van der Waals surface area contributed by atoms with E-state index in [0.717, 1.165) is 0 Å². The third kappa shape index (κ3) is 3.74. The van der Waals surface area contributed by atoms with E-state index in [1.54, 1.807) is 0 Å². The lowest BCUT2D eigenvalue weighted by Gasteiger charge is -2.30. The number of nitrogens with zero attached hydrogens (tertiary/aromatic N) is 1. The van der Waals surface area contributed by atoms with Crippen LogP contribution in [0.2, 0.25) is 0 Å². The Morgan fingerprint density at radius 2 is 1.81 bits per heavy atom. The van der Waals surface area contributed by atoms with E-state index < -0.39 is 27.8 Å². The van der Waals surface area contributed by atoms with E-state index in [1.165, 1.54) is 4.90 Å². The molecule has 2 N–H and O–H groups in total. The normalized spacial score (nSPS) is 31.2. The SMILES string of the molecule is O=C(O)[C@H]1CC[C@@H](C(=O)N(CCO)C2CCS(=O)(=O)C2)C1. The molecule has 1 saturated carbocycles. The Kier molecular flexibility index (Phi) is 4.88. The zero-order valence-electron chi connectivity index (χ0n) is 11.8. The van der Waals surface area contributed by atoms with Crippen LogP contribution < -0.4 is 0 Å². The standard InChI is InChI=1S/C13H21NO6S/c15-5-4-14(11-3-6-21(19,20)8-11)12(16)9-1-2-10(7-9)13(17)18/h9-11,15H,1-8H2,(H,17,18)/t9-,10+,11?/m1/s1. The van der Waals surface area contributed by atoms with Crippen LogP contribution in [0.25, 0.3) is 0 Å². The summed E-state index contributed by atoms with van der Waals surface area (Å²) >= 11 is 0. The number of carboxylic acids is 1. The monoisotopic (exact) mass is 319 g/mol. The van der Waals surface area contributed by atoms with Crippen molar-refractivity contribution in [3.05, 3.63) is 0 Å². The van der Waals surface area contributed by atoms with Crippen molar-refractivity contribution in [3.63, 3.8) is 0 Å². The molecule has 1 aliphatic carbocycles. The van der Waals surface area contributed by atoms with Gasteiger partial charge in [0.25, 0.3) is 0 Å². The van der Waals surface area contributed by atoms with Gasteiger partial charge in [-0.25, -0.2) is 8.42 Å². The smallest absolute Gasteiger partial charge is 0.306 e. The van der Waals surface area contributed by atoms with Crippen LogP contribution in [0.1, 0.15) is 25.7 Å². The molecule has 0 radical (unpaired) electrons. The van der Waals surface area contributed by atoms with E-state index in [0.29, 0.717) is 25.7 Å². The first-order valence-corrected chi connectivity index (χ1v) is 9.01. The van der Waals surface area contributed by atoms with Gasteiger partial charge in [-0.05, 0) is 25.7 Å². The maximum Gasteiger partial charge on any atom is 0.306 e. The van der Waals surface area contributed by atoms with Crippen LogP contribution in [0.3, 0.4) is 0 Å². The highest BCUT2D eigenvalue weighted by atomic mass is 32.2. The molecule has 0 aromatic heterocycles. The molecule has 0 spiro atoms. The van der Waals surface area contributed by atoms with Gasteiger partial charge in [0.05, 0.1) is 24.0 Å². The lowest BCUT2D eigenvalue weighted by molar-refractivity contribution is -0.142. The van der Waals surface area contributed by atoms with Crippen LogP contribution >= 0.6 is 0 Å². The Hall–Kier alpha value is -1.15. The Bertz CT molecular complexity index is 517. The number of carbonyl (C=O) groups is 2. The van der Waals surface area contributed by atoms with Gasteiger partial charge in [0.1, 0.15) is 0 Å². The molecule has 1 amide bonds. The van der Waals surface area contributed by atoms with E-state index >= 15 is 0 Å². The van der Waals surface area contributed by atoms with E-state index in [9.17, 15) is 18.0 Å². The van der Waals surface area contributed by atoms with Gasteiger partial charge in [-0.15, -0.1) is 0 Å². The molecule has 0 bridgehead atoms. The average molecular weight is 319 g/mol. The summed E-state index contributed by atoms with van der Waals surface area (Å²) in [5.41, 5.74) is 0. The lowest BCUT2D eigenvalue weighted by Crippen LogP contribution is -2.45. The number of hydrogen-bond acceptors (Lipinski definition) is 5. The molecule has 21 heavy (non-hydrogen) atoms. The molecule has 2 aliphatic rings. The minimum absolute atomic E-state index is 0.0617. The molecule has 2 rings (SSSR count). The number of sulfone groups is 1. The van der Waals surface area contributed by atoms with E-state index in [-0.39, 0.29) is 36.5 Å². The highest BCUT2D eigenvalue weighted by molar-refractivity contribution is 7.91. The van der Waals surface area contributed by atoms with Crippen molar-refractivity contribution in [3.8, 4) is 0 Å². The molecule has 120 valence electrons. The molecule has 1 saturated heterocycles. The van der Waals surface area contributed by atoms with Gasteiger partial charge in [-0.1, -0.05) is 0 Å². The fourth-order valence-electron chi connectivity index (χ4n) is 3.27. The molecule has 7 nitrogen and oxygen atoms in total. The number of amides is 1. The second-order valence-corrected chi connectivity index (χ2v) is 8.09. The Morgan fingerprint density at radius 3 is 2.29 bits per heavy atom. The number of carbonyl (C=O) groups excluding carboxylic acids is 1. The van der Waals surface area contributed by atoms with Crippen molar-refractivity contribution in [2.75, 3.05) is 24.7 Å². The highest BCUT2D eigenvalue weighted by Gasteiger charge is 2.40. The molecule has 0 aromatic rings. The fourth-order valence-corrected chi connectivity index (χ4v) is 5.00. The van der Waals surface area contributed by atoms with Crippen LogP contribution in [-0.2, 0) is 19.4 Å². The van der Waals surface area contributed by atoms with Crippen molar-refractivity contribution >= 4 is 21.7 Å². The van der Waals surface area contributed by atoms with Crippen LogP contribution in [0.5, 0.6) is 0 Å². The van der Waals surface area contributed by atoms with Crippen molar-refractivity contribution in [2.45, 2.75) is 31.7 Å². The van der Waals surface area contributed by atoms with Crippen LogP contribution in [-0.4, -0.2) is 66.1 Å². The Labute approximate surface area is 123 Å². The summed E-state index contributed by atoms with van der Waals surface area (Å²) in [7, 11) is -3.11. The van der Waals surface area contributed by atoms with Crippen LogP contribution in [0, 0.1) is 11.8 Å². The largest absolute Gasteiger partial charge is 0.481 e.